The highest BCUT2D eigenvalue weighted by atomic mass is 35.5. The van der Waals surface area contributed by atoms with Crippen LogP contribution in [-0.2, 0) is 20.9 Å². The Hall–Kier alpha value is -1.79. The summed E-state index contributed by atoms with van der Waals surface area (Å²) in [5.41, 5.74) is 0.781. The van der Waals surface area contributed by atoms with Gasteiger partial charge in [-0.15, -0.1) is 0 Å². The number of halogens is 1. The van der Waals surface area contributed by atoms with E-state index < -0.39 is 18.2 Å². The van der Waals surface area contributed by atoms with Gasteiger partial charge >= 0.3 is 5.97 Å². The number of rotatable bonds is 5. The lowest BCUT2D eigenvalue weighted by atomic mass is 10.1. The number of carbonyl (C=O) groups is 2. The quantitative estimate of drug-likeness (QED) is 0.862. The first-order valence-corrected chi connectivity index (χ1v) is 6.87. The lowest BCUT2D eigenvalue weighted by Crippen LogP contribution is -2.35. The topological polar surface area (TPSA) is 84.9 Å². The van der Waals surface area contributed by atoms with E-state index in [0.717, 1.165) is 5.56 Å². The number of carboxylic acid groups (broad SMARTS) is 1. The molecule has 0 spiro atoms. The van der Waals surface area contributed by atoms with Gasteiger partial charge in [-0.05, 0) is 25.0 Å². The van der Waals surface area contributed by atoms with E-state index >= 15 is 0 Å². The Morgan fingerprint density at radius 3 is 2.76 bits per heavy atom. The normalized spacial score (nSPS) is 21.0. The number of hydrogen-bond acceptors (Lipinski definition) is 4. The molecule has 1 heterocycles. The fourth-order valence-electron chi connectivity index (χ4n) is 2.17. The highest BCUT2D eigenvalue weighted by Gasteiger charge is 2.34. The van der Waals surface area contributed by atoms with Crippen LogP contribution >= 0.6 is 11.6 Å². The lowest BCUT2D eigenvalue weighted by Gasteiger charge is -2.13. The van der Waals surface area contributed by atoms with Crippen molar-refractivity contribution in [1.29, 1.82) is 0 Å². The fraction of sp³-hybridized carbons (Fsp3) is 0.429. The summed E-state index contributed by atoms with van der Waals surface area (Å²) in [6, 6.07) is 5.13. The molecule has 0 aromatic heterocycles. The minimum atomic E-state index is -1.04. The van der Waals surface area contributed by atoms with Crippen molar-refractivity contribution in [3.05, 3.63) is 28.8 Å². The van der Waals surface area contributed by atoms with Gasteiger partial charge in [0.05, 0.1) is 7.11 Å². The van der Waals surface area contributed by atoms with Crippen molar-refractivity contribution in [1.82, 2.24) is 5.32 Å². The van der Waals surface area contributed by atoms with Crippen LogP contribution in [0.1, 0.15) is 18.4 Å². The van der Waals surface area contributed by atoms with Crippen molar-refractivity contribution in [3.8, 4) is 5.75 Å². The summed E-state index contributed by atoms with van der Waals surface area (Å²) in [6.07, 6.45) is -0.867. The molecule has 2 N–H and O–H groups in total. The van der Waals surface area contributed by atoms with Crippen LogP contribution in [0.2, 0.25) is 5.02 Å². The Labute approximate surface area is 127 Å². The molecule has 1 aromatic carbocycles. The second-order valence-electron chi connectivity index (χ2n) is 4.70. The number of hydrogen-bond donors (Lipinski definition) is 2. The zero-order valence-electron chi connectivity index (χ0n) is 11.5. The first-order valence-electron chi connectivity index (χ1n) is 6.49. The van der Waals surface area contributed by atoms with Gasteiger partial charge < -0.3 is 19.9 Å². The van der Waals surface area contributed by atoms with Gasteiger partial charge in [0.25, 0.3) is 0 Å². The predicted molar refractivity (Wildman–Crippen MR) is 75.4 cm³/mol. The van der Waals surface area contributed by atoms with Gasteiger partial charge in [0, 0.05) is 17.1 Å². The first kappa shape index (κ1) is 15.6. The van der Waals surface area contributed by atoms with E-state index in [2.05, 4.69) is 5.32 Å². The highest BCUT2D eigenvalue weighted by molar-refractivity contribution is 6.30. The number of nitrogens with one attached hydrogen (secondary N) is 1. The smallest absolute Gasteiger partial charge is 0.332 e. The Morgan fingerprint density at radius 1 is 1.43 bits per heavy atom. The number of benzene rings is 1. The van der Waals surface area contributed by atoms with E-state index in [4.69, 9.17) is 26.2 Å². The molecule has 1 amide bonds. The van der Waals surface area contributed by atoms with Crippen molar-refractivity contribution >= 4 is 23.5 Å². The molecule has 0 saturated carbocycles. The maximum absolute atomic E-state index is 12.0. The zero-order chi connectivity index (χ0) is 15.4. The monoisotopic (exact) mass is 313 g/mol. The molecule has 7 heteroatoms. The Bertz CT molecular complexity index is 548. The molecule has 6 nitrogen and oxygen atoms in total. The van der Waals surface area contributed by atoms with Crippen LogP contribution in [0.3, 0.4) is 0 Å². The summed E-state index contributed by atoms with van der Waals surface area (Å²) in [6.45, 7) is 0.261. The van der Waals surface area contributed by atoms with Crippen LogP contribution in [0.15, 0.2) is 18.2 Å². The molecular weight excluding hydrogens is 298 g/mol. The number of carboxylic acids is 1. The first-order chi connectivity index (χ1) is 10.0. The van der Waals surface area contributed by atoms with Crippen LogP contribution in [-0.4, -0.2) is 36.3 Å². The lowest BCUT2D eigenvalue weighted by molar-refractivity contribution is -0.151. The largest absolute Gasteiger partial charge is 0.496 e. The van der Waals surface area contributed by atoms with Crippen molar-refractivity contribution in [2.75, 3.05) is 7.11 Å². The summed E-state index contributed by atoms with van der Waals surface area (Å²) in [5.74, 6) is -0.779. The standard InChI is InChI=1S/C14H16ClNO5/c1-20-12-6-9(15)3-2-8(12)7-16-13(17)10-4-5-11(21-10)14(18)19/h2-3,6,10-11H,4-5,7H2,1H3,(H,16,17)(H,18,19)/t10-,11+/m0/s1. The predicted octanol–water partition coefficient (Wildman–Crippen LogP) is 1.60. The second-order valence-corrected chi connectivity index (χ2v) is 5.14. The minimum Gasteiger partial charge on any atom is -0.496 e. The average molecular weight is 314 g/mol. The molecule has 114 valence electrons. The number of ether oxygens (including phenoxy) is 2. The third kappa shape index (κ3) is 3.86. The van der Waals surface area contributed by atoms with E-state index in [0.29, 0.717) is 23.6 Å². The highest BCUT2D eigenvalue weighted by Crippen LogP contribution is 2.24. The summed E-state index contributed by atoms with van der Waals surface area (Å²) < 4.78 is 10.4. The van der Waals surface area contributed by atoms with Gasteiger partial charge in [-0.25, -0.2) is 4.79 Å². The zero-order valence-corrected chi connectivity index (χ0v) is 12.2. The van der Waals surface area contributed by atoms with Gasteiger partial charge in [0.2, 0.25) is 5.91 Å². The number of amides is 1. The number of aliphatic carboxylic acids is 1. The van der Waals surface area contributed by atoms with E-state index in [1.165, 1.54) is 7.11 Å². The third-order valence-electron chi connectivity index (χ3n) is 3.29. The van der Waals surface area contributed by atoms with Gasteiger partial charge in [-0.2, -0.15) is 0 Å². The fourth-order valence-corrected chi connectivity index (χ4v) is 2.33. The average Bonchev–Trinajstić information content (AvgIpc) is 2.95. The Balaban J connectivity index is 1.91. The molecular formula is C14H16ClNO5. The minimum absolute atomic E-state index is 0.261. The number of methoxy groups -OCH3 is 1. The molecule has 21 heavy (non-hydrogen) atoms. The van der Waals surface area contributed by atoms with E-state index in [1.807, 2.05) is 0 Å². The van der Waals surface area contributed by atoms with Crippen LogP contribution in [0.4, 0.5) is 0 Å². The van der Waals surface area contributed by atoms with Crippen molar-refractivity contribution in [2.45, 2.75) is 31.6 Å². The summed E-state index contributed by atoms with van der Waals surface area (Å²) in [5, 5.41) is 12.1. The SMILES string of the molecule is COc1cc(Cl)ccc1CNC(=O)[C@@H]1CC[C@H](C(=O)O)O1. The molecule has 0 bridgehead atoms. The maximum Gasteiger partial charge on any atom is 0.332 e. The molecule has 1 aliphatic rings. The molecule has 0 aliphatic carbocycles. The number of carbonyl (C=O) groups excluding carboxylic acids is 1. The Morgan fingerprint density at radius 2 is 2.14 bits per heavy atom. The van der Waals surface area contributed by atoms with Crippen LogP contribution in [0, 0.1) is 0 Å². The molecule has 1 aromatic rings. The summed E-state index contributed by atoms with van der Waals surface area (Å²) in [7, 11) is 1.52. The van der Waals surface area contributed by atoms with Gasteiger partial charge in [-0.1, -0.05) is 17.7 Å². The van der Waals surface area contributed by atoms with E-state index in [-0.39, 0.29) is 12.5 Å². The van der Waals surface area contributed by atoms with Crippen molar-refractivity contribution < 1.29 is 24.2 Å². The molecule has 1 saturated heterocycles. The van der Waals surface area contributed by atoms with E-state index in [9.17, 15) is 9.59 Å². The molecule has 1 fully saturated rings. The van der Waals surface area contributed by atoms with Gasteiger partial charge in [0.15, 0.2) is 6.10 Å². The summed E-state index contributed by atoms with van der Waals surface area (Å²) >= 11 is 5.86. The summed E-state index contributed by atoms with van der Waals surface area (Å²) in [4.78, 5) is 22.7. The third-order valence-corrected chi connectivity index (χ3v) is 3.52. The van der Waals surface area contributed by atoms with Crippen LogP contribution < -0.4 is 10.1 Å². The molecule has 2 rings (SSSR count). The van der Waals surface area contributed by atoms with Crippen molar-refractivity contribution in [2.24, 2.45) is 0 Å². The van der Waals surface area contributed by atoms with Crippen LogP contribution in [0.25, 0.3) is 0 Å². The van der Waals surface area contributed by atoms with E-state index in [1.54, 1.807) is 18.2 Å². The second kappa shape index (κ2) is 6.78. The van der Waals surface area contributed by atoms with Gasteiger partial charge in [0.1, 0.15) is 11.9 Å². The van der Waals surface area contributed by atoms with Crippen molar-refractivity contribution in [3.63, 3.8) is 0 Å². The Kier molecular flexibility index (Phi) is 5.03. The van der Waals surface area contributed by atoms with Crippen LogP contribution in [0.5, 0.6) is 5.75 Å². The molecule has 2 atom stereocenters. The van der Waals surface area contributed by atoms with Gasteiger partial charge in [-0.3, -0.25) is 4.79 Å². The maximum atomic E-state index is 12.0. The molecule has 0 radical (unpaired) electrons. The molecule has 0 unspecified atom stereocenters. The molecule has 1 aliphatic heterocycles.